The van der Waals surface area contributed by atoms with Gasteiger partial charge < -0.3 is 9.66 Å². The number of hydrogen-bond donors (Lipinski definition) is 2. The van der Waals surface area contributed by atoms with E-state index < -0.39 is 17.0 Å². The number of carbonyl (C=O) groups excluding carboxylic acids is 1. The van der Waals surface area contributed by atoms with Crippen LogP contribution in [0.15, 0.2) is 28.7 Å². The zero-order valence-corrected chi connectivity index (χ0v) is 17.2. The van der Waals surface area contributed by atoms with E-state index >= 15 is 0 Å². The summed E-state index contributed by atoms with van der Waals surface area (Å²) < 4.78 is 15.4. The van der Waals surface area contributed by atoms with E-state index in [2.05, 4.69) is 27.9 Å². The molecule has 2 fully saturated rings. The van der Waals surface area contributed by atoms with E-state index in [0.717, 1.165) is 16.9 Å². The van der Waals surface area contributed by atoms with Gasteiger partial charge in [-0.15, -0.1) is 0 Å². The van der Waals surface area contributed by atoms with Crippen molar-refractivity contribution < 1.29 is 14.5 Å². The zero-order chi connectivity index (χ0) is 19.2. The first-order valence-corrected chi connectivity index (χ1v) is 11.3. The minimum Gasteiger partial charge on any atom is -0.586 e. The summed E-state index contributed by atoms with van der Waals surface area (Å²) in [6, 6.07) is 6.38. The van der Waals surface area contributed by atoms with E-state index in [0.29, 0.717) is 21.1 Å². The number of aromatic nitrogens is 1. The molecular formula is C20H24N2O3S2. The number of nitrogens with zero attached hydrogens (tertiary/aromatic N) is 1. The molecule has 1 aromatic heterocycles. The molecule has 2 saturated carbocycles. The molecule has 2 aliphatic carbocycles. The first-order chi connectivity index (χ1) is 12.8. The van der Waals surface area contributed by atoms with Gasteiger partial charge in [0.25, 0.3) is 5.91 Å². The highest BCUT2D eigenvalue weighted by Gasteiger charge is 2.33. The Bertz CT molecular complexity index is 821. The Balaban J connectivity index is 1.47. The summed E-state index contributed by atoms with van der Waals surface area (Å²) in [6.07, 6.45) is 6.52. The molecule has 1 atom stereocenters. The van der Waals surface area contributed by atoms with Crippen molar-refractivity contribution in [1.29, 1.82) is 0 Å². The molecule has 2 aliphatic rings. The van der Waals surface area contributed by atoms with E-state index in [1.807, 2.05) is 0 Å². The minimum absolute atomic E-state index is 0.247. The Morgan fingerprint density at radius 3 is 2.37 bits per heavy atom. The third-order valence-corrected chi connectivity index (χ3v) is 7.72. The number of hydrogen-bond acceptors (Lipinski definition) is 5. The Morgan fingerprint density at radius 1 is 1.30 bits per heavy atom. The third kappa shape index (κ3) is 4.37. The minimum atomic E-state index is -1.71. The van der Waals surface area contributed by atoms with Gasteiger partial charge in [0, 0.05) is 6.20 Å². The third-order valence-electron chi connectivity index (χ3n) is 5.07. The molecule has 1 aromatic carbocycles. The summed E-state index contributed by atoms with van der Waals surface area (Å²) in [6.45, 7) is 3.31. The number of nitrogens with one attached hydrogen (secondary N) is 1. The quantitative estimate of drug-likeness (QED) is 0.692. The van der Waals surface area contributed by atoms with Crippen molar-refractivity contribution in [3.8, 4) is 0 Å². The highest BCUT2D eigenvalue weighted by Crippen LogP contribution is 2.47. The lowest BCUT2D eigenvalue weighted by Gasteiger charge is -2.15. The van der Waals surface area contributed by atoms with Gasteiger partial charge in [-0.3, -0.25) is 4.79 Å². The number of benzene rings is 1. The van der Waals surface area contributed by atoms with Gasteiger partial charge in [0.2, 0.25) is 0 Å². The van der Waals surface area contributed by atoms with E-state index in [1.165, 1.54) is 43.0 Å². The number of thiazole rings is 1. The molecule has 2 aromatic rings. The van der Waals surface area contributed by atoms with E-state index in [9.17, 15) is 14.5 Å². The fourth-order valence-corrected chi connectivity index (χ4v) is 5.21. The summed E-state index contributed by atoms with van der Waals surface area (Å²) in [5.74, 6) is 0.902. The van der Waals surface area contributed by atoms with Gasteiger partial charge in [-0.2, -0.15) is 9.71 Å². The Kier molecular flexibility index (Phi) is 5.05. The van der Waals surface area contributed by atoms with Gasteiger partial charge >= 0.3 is 4.34 Å². The second kappa shape index (κ2) is 7.20. The van der Waals surface area contributed by atoms with Gasteiger partial charge in [0.05, 0.1) is 16.9 Å². The summed E-state index contributed by atoms with van der Waals surface area (Å²) in [4.78, 5) is 17.3. The van der Waals surface area contributed by atoms with Gasteiger partial charge in [0.1, 0.15) is 11.4 Å². The first kappa shape index (κ1) is 18.9. The SMILES string of the molecule is CC(C)(O)c1cnc([S+]([O-])NC(=O)Cc2c(C3CC3)cccc2C2CC2)s1. The molecule has 1 amide bonds. The molecule has 0 radical (unpaired) electrons. The van der Waals surface area contributed by atoms with Crippen molar-refractivity contribution in [2.24, 2.45) is 0 Å². The average molecular weight is 405 g/mol. The van der Waals surface area contributed by atoms with Crippen LogP contribution in [0.3, 0.4) is 0 Å². The molecular weight excluding hydrogens is 380 g/mol. The predicted molar refractivity (Wildman–Crippen MR) is 106 cm³/mol. The topological polar surface area (TPSA) is 85.3 Å². The molecule has 0 saturated heterocycles. The standard InChI is InChI=1S/C20H24N2O3S2/c1-20(2,24)17-11-21-19(26-17)27(25)22-18(23)10-16-14(12-6-7-12)4-3-5-15(16)13-8-9-13/h3-5,11-13,24H,6-10H2,1-2H3,(H,22,23). The monoisotopic (exact) mass is 404 g/mol. The summed E-state index contributed by atoms with van der Waals surface area (Å²) >= 11 is -0.551. The zero-order valence-electron chi connectivity index (χ0n) is 15.5. The largest absolute Gasteiger partial charge is 0.586 e. The molecule has 1 heterocycles. The molecule has 0 aliphatic heterocycles. The van der Waals surface area contributed by atoms with Crippen LogP contribution in [0.4, 0.5) is 0 Å². The van der Waals surface area contributed by atoms with Gasteiger partial charge in [-0.1, -0.05) is 29.5 Å². The Hall–Kier alpha value is -1.41. The smallest absolute Gasteiger partial charge is 0.329 e. The summed E-state index contributed by atoms with van der Waals surface area (Å²) in [5.41, 5.74) is 2.68. The molecule has 7 heteroatoms. The maximum absolute atomic E-state index is 12.6. The van der Waals surface area contributed by atoms with Crippen molar-refractivity contribution in [2.75, 3.05) is 0 Å². The molecule has 1 unspecified atom stereocenters. The summed E-state index contributed by atoms with van der Waals surface area (Å²) in [5, 5.41) is 10.0. The van der Waals surface area contributed by atoms with E-state index in [4.69, 9.17) is 0 Å². The van der Waals surface area contributed by atoms with Crippen LogP contribution < -0.4 is 4.72 Å². The Labute approximate surface area is 166 Å². The fraction of sp³-hybridized carbons (Fsp3) is 0.500. The lowest BCUT2D eigenvalue weighted by atomic mass is 9.92. The van der Waals surface area contributed by atoms with Gasteiger partial charge in [0.15, 0.2) is 0 Å². The second-order valence-corrected chi connectivity index (χ2v) is 10.4. The lowest BCUT2D eigenvalue weighted by Crippen LogP contribution is -2.32. The van der Waals surface area contributed by atoms with Crippen molar-refractivity contribution >= 4 is 28.6 Å². The molecule has 0 spiro atoms. The fourth-order valence-electron chi connectivity index (χ4n) is 3.35. The molecule has 27 heavy (non-hydrogen) atoms. The maximum atomic E-state index is 12.6. The van der Waals surface area contributed by atoms with Crippen molar-refractivity contribution in [3.63, 3.8) is 0 Å². The first-order valence-electron chi connectivity index (χ1n) is 9.34. The van der Waals surface area contributed by atoms with Crippen LogP contribution in [0.2, 0.25) is 0 Å². The van der Waals surface area contributed by atoms with Crippen LogP contribution in [0, 0.1) is 0 Å². The van der Waals surface area contributed by atoms with Crippen LogP contribution in [-0.4, -0.2) is 20.6 Å². The highest BCUT2D eigenvalue weighted by molar-refractivity contribution is 7.92. The average Bonchev–Trinajstić information content (AvgIpc) is 3.52. The lowest BCUT2D eigenvalue weighted by molar-refractivity contribution is -0.118. The number of aliphatic hydroxyl groups is 1. The van der Waals surface area contributed by atoms with Gasteiger partial charge in [-0.25, -0.2) is 0 Å². The highest BCUT2D eigenvalue weighted by atomic mass is 32.2. The normalized spacial score (nSPS) is 18.4. The molecule has 144 valence electrons. The molecule has 2 N–H and O–H groups in total. The van der Waals surface area contributed by atoms with E-state index in [-0.39, 0.29) is 12.3 Å². The van der Waals surface area contributed by atoms with Gasteiger partial charge in [-0.05, 0) is 68.1 Å². The van der Waals surface area contributed by atoms with Crippen LogP contribution in [-0.2, 0) is 28.2 Å². The van der Waals surface area contributed by atoms with Crippen LogP contribution in [0.25, 0.3) is 0 Å². The van der Waals surface area contributed by atoms with Crippen molar-refractivity contribution in [3.05, 3.63) is 46.0 Å². The van der Waals surface area contributed by atoms with Crippen molar-refractivity contribution in [1.82, 2.24) is 9.71 Å². The predicted octanol–water partition coefficient (Wildman–Crippen LogP) is 3.51. The van der Waals surface area contributed by atoms with Crippen LogP contribution in [0.5, 0.6) is 0 Å². The van der Waals surface area contributed by atoms with Crippen LogP contribution >= 0.6 is 11.3 Å². The summed E-state index contributed by atoms with van der Waals surface area (Å²) in [7, 11) is 0. The van der Waals surface area contributed by atoms with Crippen LogP contribution in [0.1, 0.15) is 72.9 Å². The van der Waals surface area contributed by atoms with Crippen molar-refractivity contribution in [2.45, 2.75) is 67.7 Å². The maximum Gasteiger partial charge on any atom is 0.329 e. The Morgan fingerprint density at radius 2 is 1.89 bits per heavy atom. The number of amides is 1. The second-order valence-electron chi connectivity index (χ2n) is 7.98. The molecule has 5 nitrogen and oxygen atoms in total. The van der Waals surface area contributed by atoms with E-state index in [1.54, 1.807) is 13.8 Å². The molecule has 0 bridgehead atoms. The number of rotatable bonds is 7. The molecule has 4 rings (SSSR count). The number of carbonyl (C=O) groups is 1.